The third-order valence-corrected chi connectivity index (χ3v) is 5.60. The molecule has 0 aliphatic carbocycles. The van der Waals surface area contributed by atoms with Crippen LogP contribution in [0.3, 0.4) is 0 Å². The fraction of sp³-hybridized carbons (Fsp3) is 0. The number of benzene rings is 3. The van der Waals surface area contributed by atoms with E-state index < -0.39 is 20.6 Å². The van der Waals surface area contributed by atoms with Crippen LogP contribution in [0.2, 0.25) is 5.02 Å². The van der Waals surface area contributed by atoms with E-state index in [-0.39, 0.29) is 16.3 Å². The van der Waals surface area contributed by atoms with Crippen LogP contribution in [0.25, 0.3) is 6.08 Å². The van der Waals surface area contributed by atoms with Crippen molar-refractivity contribution in [3.05, 3.63) is 99.6 Å². The zero-order valence-electron chi connectivity index (χ0n) is 16.0. The molecule has 8 nitrogen and oxygen atoms in total. The molecule has 158 valence electrons. The Balaban J connectivity index is 1.77. The van der Waals surface area contributed by atoms with E-state index in [1.807, 2.05) is 36.4 Å². The van der Waals surface area contributed by atoms with Crippen LogP contribution in [-0.4, -0.2) is 19.6 Å². The number of nitro benzene ring substituents is 1. The van der Waals surface area contributed by atoms with Gasteiger partial charge < -0.3 is 0 Å². The molecule has 31 heavy (non-hydrogen) atoms. The number of nitrogens with one attached hydrogen (secondary N) is 2. The van der Waals surface area contributed by atoms with Crippen molar-refractivity contribution in [2.45, 2.75) is 4.90 Å². The molecule has 0 aliphatic heterocycles. The van der Waals surface area contributed by atoms with Crippen LogP contribution in [0.5, 0.6) is 0 Å². The third kappa shape index (κ3) is 6.14. The van der Waals surface area contributed by atoms with Crippen LogP contribution in [0.15, 0.2) is 88.9 Å². The summed E-state index contributed by atoms with van der Waals surface area (Å²) in [5.41, 5.74) is 3.40. The van der Waals surface area contributed by atoms with Gasteiger partial charge in [-0.05, 0) is 42.0 Å². The monoisotopic (exact) mass is 456 g/mol. The SMILES string of the molecule is O=[N+]([O-])c1cc(S(=O)(=O)Nc2cccc(Cl)c2)ccc1NN=CC=Cc1ccccc1. The number of hydrogen-bond acceptors (Lipinski definition) is 6. The van der Waals surface area contributed by atoms with Crippen molar-refractivity contribution in [3.8, 4) is 0 Å². The molecule has 0 unspecified atom stereocenters. The number of allylic oxidation sites excluding steroid dienone is 1. The molecular weight excluding hydrogens is 440 g/mol. The minimum Gasteiger partial charge on any atom is -0.280 e. The van der Waals surface area contributed by atoms with Gasteiger partial charge in [-0.2, -0.15) is 5.10 Å². The molecule has 0 saturated heterocycles. The average Bonchev–Trinajstić information content (AvgIpc) is 2.74. The Bertz CT molecular complexity index is 1250. The second-order valence-corrected chi connectivity index (χ2v) is 8.33. The summed E-state index contributed by atoms with van der Waals surface area (Å²) in [6, 6.07) is 19.2. The molecule has 3 aromatic rings. The van der Waals surface area contributed by atoms with Crippen molar-refractivity contribution in [1.29, 1.82) is 0 Å². The van der Waals surface area contributed by atoms with Gasteiger partial charge in [0, 0.05) is 17.3 Å². The lowest BCUT2D eigenvalue weighted by atomic mass is 10.2. The standard InChI is InChI=1S/C21H17ClN4O4S/c22-17-9-4-10-18(14-17)25-31(29,30)19-11-12-20(21(15-19)26(27)28)24-23-13-5-8-16-6-2-1-3-7-16/h1-15,24-25H. The van der Waals surface area contributed by atoms with E-state index in [1.165, 1.54) is 30.5 Å². The topological polar surface area (TPSA) is 114 Å². The van der Waals surface area contributed by atoms with Gasteiger partial charge >= 0.3 is 0 Å². The predicted octanol–water partition coefficient (Wildman–Crippen LogP) is 5.16. The van der Waals surface area contributed by atoms with Crippen molar-refractivity contribution < 1.29 is 13.3 Å². The van der Waals surface area contributed by atoms with Crippen LogP contribution in [-0.2, 0) is 10.0 Å². The van der Waals surface area contributed by atoms with Gasteiger partial charge in [-0.3, -0.25) is 20.3 Å². The van der Waals surface area contributed by atoms with Crippen molar-refractivity contribution in [3.63, 3.8) is 0 Å². The molecule has 3 aromatic carbocycles. The molecular formula is C21H17ClN4O4S. The number of nitrogens with zero attached hydrogens (tertiary/aromatic N) is 2. The van der Waals surface area contributed by atoms with Gasteiger partial charge in [-0.1, -0.05) is 54.1 Å². The number of sulfonamides is 1. The minimum atomic E-state index is -4.05. The van der Waals surface area contributed by atoms with Crippen LogP contribution in [0.4, 0.5) is 17.1 Å². The Kier molecular flexibility index (Phi) is 7.01. The van der Waals surface area contributed by atoms with Crippen LogP contribution < -0.4 is 10.1 Å². The number of hydrazone groups is 1. The minimum absolute atomic E-state index is 0.0519. The van der Waals surface area contributed by atoms with Crippen LogP contribution >= 0.6 is 11.6 Å². The highest BCUT2D eigenvalue weighted by molar-refractivity contribution is 7.92. The average molecular weight is 457 g/mol. The van der Waals surface area contributed by atoms with E-state index in [2.05, 4.69) is 15.2 Å². The molecule has 0 bridgehead atoms. The molecule has 10 heteroatoms. The van der Waals surface area contributed by atoms with Crippen molar-refractivity contribution >= 4 is 51.0 Å². The Hall–Kier alpha value is -3.69. The van der Waals surface area contributed by atoms with Gasteiger partial charge in [-0.15, -0.1) is 0 Å². The van der Waals surface area contributed by atoms with E-state index in [1.54, 1.807) is 18.2 Å². The Morgan fingerprint density at radius 2 is 1.77 bits per heavy atom. The highest BCUT2D eigenvalue weighted by atomic mass is 35.5. The molecule has 0 radical (unpaired) electrons. The van der Waals surface area contributed by atoms with E-state index in [0.29, 0.717) is 5.02 Å². The Morgan fingerprint density at radius 1 is 1.00 bits per heavy atom. The second-order valence-electron chi connectivity index (χ2n) is 6.21. The highest BCUT2D eigenvalue weighted by Gasteiger charge is 2.21. The summed E-state index contributed by atoms with van der Waals surface area (Å²) in [6.07, 6.45) is 4.92. The molecule has 0 fully saturated rings. The van der Waals surface area contributed by atoms with Gasteiger partial charge in [0.05, 0.1) is 15.5 Å². The molecule has 3 rings (SSSR count). The molecule has 0 saturated carbocycles. The predicted molar refractivity (Wildman–Crippen MR) is 123 cm³/mol. The second kappa shape index (κ2) is 9.88. The maximum atomic E-state index is 12.6. The summed E-state index contributed by atoms with van der Waals surface area (Å²) in [7, 11) is -4.05. The first kappa shape index (κ1) is 22.0. The first-order valence-electron chi connectivity index (χ1n) is 8.93. The van der Waals surface area contributed by atoms with Gasteiger partial charge in [0.1, 0.15) is 5.69 Å². The molecule has 0 spiro atoms. The summed E-state index contributed by atoms with van der Waals surface area (Å²) in [5.74, 6) is 0. The molecule has 0 aliphatic rings. The zero-order chi connectivity index (χ0) is 22.3. The number of rotatable bonds is 8. The zero-order valence-corrected chi connectivity index (χ0v) is 17.5. The quantitative estimate of drug-likeness (QED) is 0.276. The summed E-state index contributed by atoms with van der Waals surface area (Å²) in [6.45, 7) is 0. The van der Waals surface area contributed by atoms with E-state index >= 15 is 0 Å². The first-order valence-corrected chi connectivity index (χ1v) is 10.8. The van der Waals surface area contributed by atoms with E-state index in [9.17, 15) is 18.5 Å². The van der Waals surface area contributed by atoms with Gasteiger partial charge in [-0.25, -0.2) is 8.42 Å². The van der Waals surface area contributed by atoms with E-state index in [0.717, 1.165) is 11.6 Å². The van der Waals surface area contributed by atoms with E-state index in [4.69, 9.17) is 11.6 Å². The fourth-order valence-electron chi connectivity index (χ4n) is 2.56. The Morgan fingerprint density at radius 3 is 2.48 bits per heavy atom. The summed E-state index contributed by atoms with van der Waals surface area (Å²) < 4.78 is 27.5. The molecule has 0 atom stereocenters. The summed E-state index contributed by atoms with van der Waals surface area (Å²) in [5, 5.41) is 15.7. The fourth-order valence-corrected chi connectivity index (χ4v) is 3.82. The van der Waals surface area contributed by atoms with Crippen LogP contribution in [0, 0.1) is 10.1 Å². The number of anilines is 2. The summed E-state index contributed by atoms with van der Waals surface area (Å²) in [4.78, 5) is 10.5. The first-order chi connectivity index (χ1) is 14.8. The summed E-state index contributed by atoms with van der Waals surface area (Å²) >= 11 is 5.86. The lowest BCUT2D eigenvalue weighted by Crippen LogP contribution is -2.13. The largest absolute Gasteiger partial charge is 0.295 e. The molecule has 0 aromatic heterocycles. The lowest BCUT2D eigenvalue weighted by molar-refractivity contribution is -0.384. The van der Waals surface area contributed by atoms with Crippen LogP contribution in [0.1, 0.15) is 5.56 Å². The van der Waals surface area contributed by atoms with Gasteiger partial charge in [0.15, 0.2) is 0 Å². The maximum Gasteiger partial charge on any atom is 0.295 e. The molecule has 0 amide bonds. The normalized spacial score (nSPS) is 11.6. The number of nitro groups is 1. The third-order valence-electron chi connectivity index (χ3n) is 3.99. The Labute approximate surface area is 184 Å². The lowest BCUT2D eigenvalue weighted by Gasteiger charge is -2.09. The molecule has 2 N–H and O–H groups in total. The maximum absolute atomic E-state index is 12.6. The van der Waals surface area contributed by atoms with Gasteiger partial charge in [0.2, 0.25) is 0 Å². The van der Waals surface area contributed by atoms with Crippen molar-refractivity contribution in [2.24, 2.45) is 5.10 Å². The van der Waals surface area contributed by atoms with Crippen molar-refractivity contribution in [1.82, 2.24) is 0 Å². The van der Waals surface area contributed by atoms with Gasteiger partial charge in [0.25, 0.3) is 15.7 Å². The highest BCUT2D eigenvalue weighted by Crippen LogP contribution is 2.29. The molecule has 0 heterocycles. The van der Waals surface area contributed by atoms with Crippen molar-refractivity contribution in [2.75, 3.05) is 10.1 Å². The smallest absolute Gasteiger partial charge is 0.280 e. The number of halogens is 1. The number of hydrogen-bond donors (Lipinski definition) is 2.